The maximum Gasteiger partial charge on any atom is 0.420 e. The maximum atomic E-state index is 15.1. The van der Waals surface area contributed by atoms with Gasteiger partial charge in [-0.2, -0.15) is 22.0 Å². The van der Waals surface area contributed by atoms with Crippen LogP contribution in [0.1, 0.15) is 118 Å². The quantitative estimate of drug-likeness (QED) is 0.148. The van der Waals surface area contributed by atoms with Crippen molar-refractivity contribution in [3.05, 3.63) is 58.7 Å². The van der Waals surface area contributed by atoms with Crippen molar-refractivity contribution in [2.24, 2.45) is 23.7 Å². The van der Waals surface area contributed by atoms with Crippen molar-refractivity contribution in [2.45, 2.75) is 116 Å². The fraction of sp³-hybridized carbons (Fsp3) is 0.629. The summed E-state index contributed by atoms with van der Waals surface area (Å²) in [5, 5.41) is 10.1. The molecule has 0 heterocycles. The summed E-state index contributed by atoms with van der Waals surface area (Å²) in [6.07, 6.45) is 4.76. The number of phenols is 1. The smallest absolute Gasteiger partial charge is 0.420 e. The van der Waals surface area contributed by atoms with E-state index >= 15 is 8.78 Å². The third kappa shape index (κ3) is 8.72. The van der Waals surface area contributed by atoms with Crippen LogP contribution in [0.15, 0.2) is 36.4 Å². The molecule has 1 N–H and O–H groups in total. The molecule has 0 amide bonds. The molecular formula is C35H45F5O3. The molecule has 3 nitrogen and oxygen atoms in total. The molecule has 0 radical (unpaired) electrons. The van der Waals surface area contributed by atoms with Gasteiger partial charge in [0, 0.05) is 0 Å². The van der Waals surface area contributed by atoms with Gasteiger partial charge in [0.2, 0.25) is 0 Å². The Bertz CT molecular complexity index is 1190. The summed E-state index contributed by atoms with van der Waals surface area (Å²) in [6.45, 7) is 3.32. The molecule has 4 rings (SSSR count). The van der Waals surface area contributed by atoms with Gasteiger partial charge in [-0.25, -0.2) is 0 Å². The monoisotopic (exact) mass is 608 g/mol. The molecule has 2 aliphatic carbocycles. The third-order valence-corrected chi connectivity index (χ3v) is 9.81. The normalized spacial score (nSPS) is 23.2. The molecule has 0 saturated heterocycles. The molecule has 0 aliphatic heterocycles. The first kappa shape index (κ1) is 33.3. The molecule has 2 aliphatic rings. The molecule has 2 aromatic carbocycles. The number of carbonyl (C=O) groups excluding carboxylic acids is 1. The Morgan fingerprint density at radius 3 is 2.00 bits per heavy atom. The number of carbonyl (C=O) groups is 1. The Kier molecular flexibility index (Phi) is 11.2. The zero-order valence-electron chi connectivity index (χ0n) is 25.3. The molecule has 2 aromatic rings. The summed E-state index contributed by atoms with van der Waals surface area (Å²) >= 11 is 0. The topological polar surface area (TPSA) is 46.5 Å². The van der Waals surface area contributed by atoms with Gasteiger partial charge in [0.05, 0.1) is 11.5 Å². The fourth-order valence-electron chi connectivity index (χ4n) is 7.24. The molecule has 238 valence electrons. The van der Waals surface area contributed by atoms with E-state index in [1.54, 1.807) is 12.1 Å². The van der Waals surface area contributed by atoms with Crippen LogP contribution in [0.5, 0.6) is 11.5 Å². The minimum Gasteiger partial charge on any atom is -0.507 e. The van der Waals surface area contributed by atoms with Crippen LogP contribution in [0.2, 0.25) is 0 Å². The number of aryl methyl sites for hydroxylation is 2. The number of halogens is 5. The van der Waals surface area contributed by atoms with E-state index in [9.17, 15) is 23.1 Å². The number of hydrogen-bond donors (Lipinski definition) is 1. The highest BCUT2D eigenvalue weighted by Gasteiger charge is 2.45. The van der Waals surface area contributed by atoms with Gasteiger partial charge in [0.25, 0.3) is 0 Å². The van der Waals surface area contributed by atoms with Crippen LogP contribution >= 0.6 is 0 Å². The standard InChI is InChI=1S/C35H45F5O3/c1-3-4-5-6-24-7-12-26(13-8-24)27-15-18-29(19-16-27)35(39,40)43-30-20-10-25(11-21-30)9-14-28-17-22-31(23(2)41)33(42)32(28)34(36,37)38/h10-11,17,20-22,24,26-27,29,42H,3-9,12-16,18-19H2,1-2H3. The van der Waals surface area contributed by atoms with Crippen molar-refractivity contribution in [1.82, 2.24) is 0 Å². The van der Waals surface area contributed by atoms with E-state index in [2.05, 4.69) is 6.92 Å². The number of ketones is 1. The Morgan fingerprint density at radius 1 is 0.837 bits per heavy atom. The predicted octanol–water partition coefficient (Wildman–Crippen LogP) is 10.6. The van der Waals surface area contributed by atoms with Crippen LogP contribution in [0.4, 0.5) is 22.0 Å². The van der Waals surface area contributed by atoms with E-state index in [1.807, 2.05) is 0 Å². The second-order valence-electron chi connectivity index (χ2n) is 12.7. The molecule has 0 atom stereocenters. The molecule has 0 unspecified atom stereocenters. The van der Waals surface area contributed by atoms with Gasteiger partial charge >= 0.3 is 12.3 Å². The van der Waals surface area contributed by atoms with Crippen LogP contribution in [0.25, 0.3) is 0 Å². The third-order valence-electron chi connectivity index (χ3n) is 9.81. The molecule has 2 saturated carbocycles. The lowest BCUT2D eigenvalue weighted by molar-refractivity contribution is -0.224. The lowest BCUT2D eigenvalue weighted by atomic mass is 9.68. The van der Waals surface area contributed by atoms with Crippen molar-refractivity contribution in [2.75, 3.05) is 0 Å². The number of aromatic hydroxyl groups is 1. The van der Waals surface area contributed by atoms with Crippen LogP contribution in [0.3, 0.4) is 0 Å². The number of phenolic OH excluding ortho intramolecular Hbond substituents is 1. The summed E-state index contributed by atoms with van der Waals surface area (Å²) < 4.78 is 76.4. The SMILES string of the molecule is CCCCCC1CCC(C2CCC(C(F)(F)Oc3ccc(CCc4ccc(C(C)=O)c(O)c4C(F)(F)F)cc3)CC2)CC1. The Balaban J connectivity index is 1.27. The van der Waals surface area contributed by atoms with E-state index in [0.29, 0.717) is 30.2 Å². The average Bonchev–Trinajstić information content (AvgIpc) is 2.96. The molecule has 2 fully saturated rings. The summed E-state index contributed by atoms with van der Waals surface area (Å²) in [6, 6.07) is 8.37. The zero-order chi connectivity index (χ0) is 31.2. The van der Waals surface area contributed by atoms with Gasteiger partial charge in [-0.3, -0.25) is 4.79 Å². The van der Waals surface area contributed by atoms with Crippen LogP contribution in [0, 0.1) is 23.7 Å². The summed E-state index contributed by atoms with van der Waals surface area (Å²) in [5.41, 5.74) is -1.10. The summed E-state index contributed by atoms with van der Waals surface area (Å²) in [7, 11) is 0. The minimum absolute atomic E-state index is 0.0247. The van der Waals surface area contributed by atoms with E-state index in [0.717, 1.165) is 25.7 Å². The number of ether oxygens (including phenoxy) is 1. The zero-order valence-corrected chi connectivity index (χ0v) is 25.3. The number of Topliss-reactive ketones (excluding diaryl/α,β-unsaturated/α-hetero) is 1. The van der Waals surface area contributed by atoms with Gasteiger partial charge in [-0.15, -0.1) is 0 Å². The number of rotatable bonds is 12. The van der Waals surface area contributed by atoms with E-state index < -0.39 is 35.3 Å². The predicted molar refractivity (Wildman–Crippen MR) is 158 cm³/mol. The highest BCUT2D eigenvalue weighted by atomic mass is 19.4. The number of benzene rings is 2. The van der Waals surface area contributed by atoms with Crippen molar-refractivity contribution in [3.8, 4) is 11.5 Å². The number of unbranched alkanes of at least 4 members (excludes halogenated alkanes) is 2. The van der Waals surface area contributed by atoms with Gasteiger partial charge < -0.3 is 9.84 Å². The van der Waals surface area contributed by atoms with Crippen molar-refractivity contribution in [3.63, 3.8) is 0 Å². The Morgan fingerprint density at radius 2 is 1.44 bits per heavy atom. The highest BCUT2D eigenvalue weighted by Crippen LogP contribution is 2.46. The minimum atomic E-state index is -4.83. The van der Waals surface area contributed by atoms with Gasteiger partial charge in [0.15, 0.2) is 5.78 Å². The molecule has 43 heavy (non-hydrogen) atoms. The summed E-state index contributed by atoms with van der Waals surface area (Å²) in [4.78, 5) is 11.6. The second-order valence-corrected chi connectivity index (χ2v) is 12.7. The lowest BCUT2D eigenvalue weighted by Gasteiger charge is -2.39. The van der Waals surface area contributed by atoms with Gasteiger partial charge in [0.1, 0.15) is 17.1 Å². The van der Waals surface area contributed by atoms with Crippen molar-refractivity contribution < 1.29 is 36.6 Å². The van der Waals surface area contributed by atoms with Gasteiger partial charge in [-0.1, -0.05) is 63.6 Å². The maximum absolute atomic E-state index is 15.1. The van der Waals surface area contributed by atoms with Crippen molar-refractivity contribution in [1.29, 1.82) is 0 Å². The van der Waals surface area contributed by atoms with Crippen LogP contribution in [-0.2, 0) is 19.0 Å². The lowest BCUT2D eigenvalue weighted by Crippen LogP contribution is -2.38. The second kappa shape index (κ2) is 14.4. The molecular weight excluding hydrogens is 563 g/mol. The fourth-order valence-corrected chi connectivity index (χ4v) is 7.24. The first-order chi connectivity index (χ1) is 20.4. The summed E-state index contributed by atoms with van der Waals surface area (Å²) in [5.74, 6) is -0.506. The highest BCUT2D eigenvalue weighted by molar-refractivity contribution is 5.97. The largest absolute Gasteiger partial charge is 0.507 e. The number of alkyl halides is 5. The first-order valence-corrected chi connectivity index (χ1v) is 16.0. The van der Waals surface area contributed by atoms with E-state index in [-0.39, 0.29) is 29.7 Å². The van der Waals surface area contributed by atoms with Crippen LogP contribution < -0.4 is 4.74 Å². The first-order valence-electron chi connectivity index (χ1n) is 16.0. The van der Waals surface area contributed by atoms with Gasteiger partial charge in [-0.05, 0) is 105 Å². The molecule has 0 bridgehead atoms. The van der Waals surface area contributed by atoms with Crippen LogP contribution in [-0.4, -0.2) is 17.0 Å². The Hall–Kier alpha value is -2.64. The van der Waals surface area contributed by atoms with E-state index in [1.165, 1.54) is 75.6 Å². The number of hydrogen-bond acceptors (Lipinski definition) is 3. The van der Waals surface area contributed by atoms with Crippen molar-refractivity contribution >= 4 is 5.78 Å². The average molecular weight is 609 g/mol. The molecule has 0 spiro atoms. The van der Waals surface area contributed by atoms with E-state index in [4.69, 9.17) is 4.74 Å². The Labute approximate surface area is 252 Å². The molecule has 8 heteroatoms. The molecule has 0 aromatic heterocycles.